The van der Waals surface area contributed by atoms with E-state index in [1.807, 2.05) is 6.92 Å². The van der Waals surface area contributed by atoms with Crippen LogP contribution < -0.4 is 5.73 Å². The van der Waals surface area contributed by atoms with Crippen molar-refractivity contribution in [1.29, 1.82) is 0 Å². The molecule has 1 fully saturated rings. The smallest absolute Gasteiger partial charge is 0.226 e. The second kappa shape index (κ2) is 7.00. The summed E-state index contributed by atoms with van der Waals surface area (Å²) in [5, 5.41) is 0. The molecule has 0 bridgehead atoms. The van der Waals surface area contributed by atoms with Crippen LogP contribution in [-0.4, -0.2) is 29.9 Å². The molecule has 0 saturated heterocycles. The van der Waals surface area contributed by atoms with Crippen molar-refractivity contribution in [1.82, 2.24) is 4.90 Å². The summed E-state index contributed by atoms with van der Waals surface area (Å²) in [5.41, 5.74) is 5.62. The van der Waals surface area contributed by atoms with Gasteiger partial charge in [0.05, 0.1) is 0 Å². The molecule has 2 N–H and O–H groups in total. The Labute approximate surface area is 106 Å². The highest BCUT2D eigenvalue weighted by molar-refractivity contribution is 5.79. The van der Waals surface area contributed by atoms with Crippen LogP contribution in [-0.2, 0) is 4.79 Å². The summed E-state index contributed by atoms with van der Waals surface area (Å²) < 4.78 is 0. The first-order valence-electron chi connectivity index (χ1n) is 7.06. The van der Waals surface area contributed by atoms with Gasteiger partial charge in [-0.3, -0.25) is 4.79 Å². The average molecular weight is 240 g/mol. The van der Waals surface area contributed by atoms with Crippen LogP contribution in [0.15, 0.2) is 0 Å². The molecule has 0 heterocycles. The summed E-state index contributed by atoms with van der Waals surface area (Å²) in [6, 6.07) is 0.482. The Morgan fingerprint density at radius 1 is 1.29 bits per heavy atom. The van der Waals surface area contributed by atoms with Crippen LogP contribution in [0.2, 0.25) is 0 Å². The maximum atomic E-state index is 12.3. The molecule has 17 heavy (non-hydrogen) atoms. The Morgan fingerprint density at radius 3 is 2.35 bits per heavy atom. The molecule has 1 saturated carbocycles. The van der Waals surface area contributed by atoms with Crippen molar-refractivity contribution in [3.8, 4) is 0 Å². The molecule has 3 nitrogen and oxygen atoms in total. The van der Waals surface area contributed by atoms with Gasteiger partial charge in [-0.15, -0.1) is 0 Å². The van der Waals surface area contributed by atoms with Crippen molar-refractivity contribution >= 4 is 5.91 Å². The third kappa shape index (κ3) is 4.30. The Kier molecular flexibility index (Phi) is 5.96. The second-order valence-corrected chi connectivity index (χ2v) is 5.79. The molecule has 0 aromatic heterocycles. The molecule has 1 aliphatic carbocycles. The van der Waals surface area contributed by atoms with Crippen molar-refractivity contribution in [2.45, 2.75) is 58.9 Å². The van der Waals surface area contributed by atoms with Crippen molar-refractivity contribution in [2.24, 2.45) is 17.6 Å². The first-order valence-corrected chi connectivity index (χ1v) is 7.06. The van der Waals surface area contributed by atoms with Crippen LogP contribution in [0.4, 0.5) is 0 Å². The fourth-order valence-electron chi connectivity index (χ4n) is 2.47. The lowest BCUT2D eigenvalue weighted by atomic mass is 10.1. The van der Waals surface area contributed by atoms with Gasteiger partial charge < -0.3 is 10.6 Å². The molecule has 100 valence electrons. The number of rotatable bonds is 6. The number of hydrogen-bond donors (Lipinski definition) is 1. The minimum atomic E-state index is -0.0252. The van der Waals surface area contributed by atoms with Crippen LogP contribution in [0.5, 0.6) is 0 Å². The standard InChI is InChI=1S/C14H28N2O/c1-11(2)8-9-16(13-6-4-5-7-13)14(17)12(3)10-15/h11-13H,4-10,15H2,1-3H3. The van der Waals surface area contributed by atoms with E-state index < -0.39 is 0 Å². The van der Waals surface area contributed by atoms with E-state index in [0.717, 1.165) is 13.0 Å². The van der Waals surface area contributed by atoms with Gasteiger partial charge in [0.15, 0.2) is 0 Å². The van der Waals surface area contributed by atoms with Crippen LogP contribution >= 0.6 is 0 Å². The molecule has 1 atom stereocenters. The SMILES string of the molecule is CC(C)CCN(C(=O)C(C)CN)C1CCCC1. The Balaban J connectivity index is 2.60. The third-order valence-electron chi connectivity index (χ3n) is 3.77. The summed E-state index contributed by atoms with van der Waals surface area (Å²) in [7, 11) is 0. The van der Waals surface area contributed by atoms with Crippen molar-refractivity contribution in [3.63, 3.8) is 0 Å². The minimum absolute atomic E-state index is 0.0252. The molecule has 1 rings (SSSR count). The van der Waals surface area contributed by atoms with E-state index in [0.29, 0.717) is 18.5 Å². The molecule has 0 spiro atoms. The maximum absolute atomic E-state index is 12.3. The van der Waals surface area contributed by atoms with E-state index in [4.69, 9.17) is 5.73 Å². The first kappa shape index (κ1) is 14.5. The Hall–Kier alpha value is -0.570. The minimum Gasteiger partial charge on any atom is -0.339 e. The largest absolute Gasteiger partial charge is 0.339 e. The summed E-state index contributed by atoms with van der Waals surface area (Å²) >= 11 is 0. The molecule has 3 heteroatoms. The maximum Gasteiger partial charge on any atom is 0.226 e. The molecule has 0 radical (unpaired) electrons. The Morgan fingerprint density at radius 2 is 1.88 bits per heavy atom. The third-order valence-corrected chi connectivity index (χ3v) is 3.77. The molecule has 0 aromatic rings. The zero-order valence-electron chi connectivity index (χ0n) is 11.6. The lowest BCUT2D eigenvalue weighted by Gasteiger charge is -2.31. The zero-order chi connectivity index (χ0) is 12.8. The number of carbonyl (C=O) groups excluding carboxylic acids is 1. The van der Waals surface area contributed by atoms with Gasteiger partial charge in [-0.2, -0.15) is 0 Å². The number of nitrogens with two attached hydrogens (primary N) is 1. The summed E-state index contributed by atoms with van der Waals surface area (Å²) in [4.78, 5) is 14.4. The predicted octanol–water partition coefficient (Wildman–Crippen LogP) is 2.40. The molecule has 1 unspecified atom stereocenters. The lowest BCUT2D eigenvalue weighted by Crippen LogP contribution is -2.44. The van der Waals surface area contributed by atoms with E-state index in [9.17, 15) is 4.79 Å². The fraction of sp³-hybridized carbons (Fsp3) is 0.929. The van der Waals surface area contributed by atoms with Gasteiger partial charge in [0.1, 0.15) is 0 Å². The van der Waals surface area contributed by atoms with Crippen LogP contribution in [0.1, 0.15) is 52.9 Å². The average Bonchev–Trinajstić information content (AvgIpc) is 2.81. The number of carbonyl (C=O) groups is 1. The van der Waals surface area contributed by atoms with Gasteiger partial charge in [0, 0.05) is 25.0 Å². The van der Waals surface area contributed by atoms with E-state index >= 15 is 0 Å². The van der Waals surface area contributed by atoms with Crippen LogP contribution in [0.25, 0.3) is 0 Å². The van der Waals surface area contributed by atoms with Crippen LogP contribution in [0.3, 0.4) is 0 Å². The first-order chi connectivity index (χ1) is 8.06. The molecule has 1 amide bonds. The van der Waals surface area contributed by atoms with Gasteiger partial charge >= 0.3 is 0 Å². The summed E-state index contributed by atoms with van der Waals surface area (Å²) in [6.07, 6.45) is 6.00. The molecule has 0 aliphatic heterocycles. The van der Waals surface area contributed by atoms with Gasteiger partial charge in [-0.1, -0.05) is 33.6 Å². The Bertz CT molecular complexity index is 234. The molecular formula is C14H28N2O. The summed E-state index contributed by atoms with van der Waals surface area (Å²) in [6.45, 7) is 7.74. The number of amides is 1. The highest BCUT2D eigenvalue weighted by atomic mass is 16.2. The number of nitrogens with zero attached hydrogens (tertiary/aromatic N) is 1. The highest BCUT2D eigenvalue weighted by Crippen LogP contribution is 2.25. The van der Waals surface area contributed by atoms with Crippen LogP contribution in [0, 0.1) is 11.8 Å². The van der Waals surface area contributed by atoms with Gasteiger partial charge in [-0.05, 0) is 25.2 Å². The van der Waals surface area contributed by atoms with E-state index in [-0.39, 0.29) is 11.8 Å². The van der Waals surface area contributed by atoms with E-state index in [1.165, 1.54) is 25.7 Å². The molecular weight excluding hydrogens is 212 g/mol. The van der Waals surface area contributed by atoms with Crippen molar-refractivity contribution in [3.05, 3.63) is 0 Å². The monoisotopic (exact) mass is 240 g/mol. The number of hydrogen-bond acceptors (Lipinski definition) is 2. The topological polar surface area (TPSA) is 46.3 Å². The molecule has 1 aliphatic rings. The lowest BCUT2D eigenvalue weighted by molar-refractivity contribution is -0.137. The quantitative estimate of drug-likeness (QED) is 0.775. The fourth-order valence-corrected chi connectivity index (χ4v) is 2.47. The van der Waals surface area contributed by atoms with E-state index in [1.54, 1.807) is 0 Å². The zero-order valence-corrected chi connectivity index (χ0v) is 11.6. The van der Waals surface area contributed by atoms with Crippen molar-refractivity contribution < 1.29 is 4.79 Å². The normalized spacial score (nSPS) is 18.6. The highest BCUT2D eigenvalue weighted by Gasteiger charge is 2.28. The van der Waals surface area contributed by atoms with Gasteiger partial charge in [0.25, 0.3) is 0 Å². The molecule has 0 aromatic carbocycles. The predicted molar refractivity (Wildman–Crippen MR) is 71.6 cm³/mol. The van der Waals surface area contributed by atoms with E-state index in [2.05, 4.69) is 18.7 Å². The summed E-state index contributed by atoms with van der Waals surface area (Å²) in [5.74, 6) is 0.891. The van der Waals surface area contributed by atoms with Crippen molar-refractivity contribution in [2.75, 3.05) is 13.1 Å². The van der Waals surface area contributed by atoms with Gasteiger partial charge in [0.2, 0.25) is 5.91 Å². The second-order valence-electron chi connectivity index (χ2n) is 5.79. The van der Waals surface area contributed by atoms with Gasteiger partial charge in [-0.25, -0.2) is 0 Å².